The van der Waals surface area contributed by atoms with E-state index in [4.69, 9.17) is 0 Å². The van der Waals surface area contributed by atoms with Crippen LogP contribution in [0.1, 0.15) is 39.0 Å². The van der Waals surface area contributed by atoms with Crippen molar-refractivity contribution in [3.05, 3.63) is 12.4 Å². The van der Waals surface area contributed by atoms with Gasteiger partial charge in [0.05, 0.1) is 12.3 Å². The van der Waals surface area contributed by atoms with E-state index in [0.29, 0.717) is 6.54 Å². The van der Waals surface area contributed by atoms with Gasteiger partial charge in [0.1, 0.15) is 10.9 Å². The minimum atomic E-state index is -3.67. The molecule has 1 saturated carbocycles. The third-order valence-corrected chi connectivity index (χ3v) is 5.18. The quantitative estimate of drug-likeness (QED) is 0.895. The van der Waals surface area contributed by atoms with Crippen LogP contribution in [-0.2, 0) is 16.6 Å². The summed E-state index contributed by atoms with van der Waals surface area (Å²) in [6.45, 7) is 2.50. The number of aromatic nitrogens is 2. The van der Waals surface area contributed by atoms with Gasteiger partial charge in [-0.25, -0.2) is 8.42 Å². The molecule has 7 heteroatoms. The lowest BCUT2D eigenvalue weighted by molar-refractivity contribution is 0.324. The number of nitrogens with zero attached hydrogens (tertiary/aromatic N) is 3. The minimum absolute atomic E-state index is 0.116. The first-order valence-corrected chi connectivity index (χ1v) is 8.49. The van der Waals surface area contributed by atoms with Crippen molar-refractivity contribution in [3.63, 3.8) is 0 Å². The molecule has 1 fully saturated rings. The molecule has 0 aromatic carbocycles. The maximum atomic E-state index is 12.3. The lowest BCUT2D eigenvalue weighted by Gasteiger charge is -2.25. The highest BCUT2D eigenvalue weighted by Gasteiger charge is 2.28. The lowest BCUT2D eigenvalue weighted by atomic mass is 9.85. The Balaban J connectivity index is 2.11. The first-order chi connectivity index (χ1) is 9.56. The molecule has 1 aliphatic rings. The summed E-state index contributed by atoms with van der Waals surface area (Å²) in [5.74, 6) is 0.116. The van der Waals surface area contributed by atoms with E-state index in [-0.39, 0.29) is 10.8 Å². The van der Waals surface area contributed by atoms with Gasteiger partial charge in [-0.05, 0) is 25.7 Å². The molecule has 1 aromatic rings. The Labute approximate surface area is 119 Å². The second-order valence-electron chi connectivity index (χ2n) is 5.16. The van der Waals surface area contributed by atoms with Crippen LogP contribution in [0.2, 0.25) is 0 Å². The van der Waals surface area contributed by atoms with Crippen molar-refractivity contribution in [1.82, 2.24) is 14.5 Å². The lowest BCUT2D eigenvalue weighted by Crippen LogP contribution is -2.39. The highest BCUT2D eigenvalue weighted by atomic mass is 32.2. The first-order valence-electron chi connectivity index (χ1n) is 7.01. The van der Waals surface area contributed by atoms with Crippen LogP contribution < -0.4 is 4.72 Å². The van der Waals surface area contributed by atoms with Crippen LogP contribution in [0.3, 0.4) is 0 Å². The molecule has 1 heterocycles. The average Bonchev–Trinajstić information content (AvgIpc) is 2.95. The molecular weight excluding hydrogens is 276 g/mol. The Hall–Kier alpha value is -1.39. The molecule has 2 rings (SSSR count). The van der Waals surface area contributed by atoms with Crippen molar-refractivity contribution in [1.29, 1.82) is 5.26 Å². The number of nitrogens with one attached hydrogen (secondary N) is 1. The highest BCUT2D eigenvalue weighted by Crippen LogP contribution is 2.27. The van der Waals surface area contributed by atoms with Crippen LogP contribution >= 0.6 is 0 Å². The molecule has 6 nitrogen and oxygen atoms in total. The fourth-order valence-corrected chi connectivity index (χ4v) is 3.75. The van der Waals surface area contributed by atoms with Gasteiger partial charge in [-0.15, -0.1) is 0 Å². The Morgan fingerprint density at radius 2 is 2.20 bits per heavy atom. The van der Waals surface area contributed by atoms with E-state index < -0.39 is 16.1 Å². The maximum absolute atomic E-state index is 12.3. The second-order valence-corrected chi connectivity index (χ2v) is 6.87. The minimum Gasteiger partial charge on any atom is -0.272 e. The van der Waals surface area contributed by atoms with Gasteiger partial charge in [0, 0.05) is 12.7 Å². The number of aryl methyl sites for hydroxylation is 1. The Morgan fingerprint density at radius 3 is 2.75 bits per heavy atom. The van der Waals surface area contributed by atoms with Gasteiger partial charge in [0.15, 0.2) is 0 Å². The van der Waals surface area contributed by atoms with Gasteiger partial charge in [-0.2, -0.15) is 15.1 Å². The Morgan fingerprint density at radius 1 is 1.50 bits per heavy atom. The monoisotopic (exact) mass is 296 g/mol. The SMILES string of the molecule is CCn1cc(S(=O)(=O)NC(C#N)C2CCCCC2)cn1. The molecule has 1 unspecified atom stereocenters. The van der Waals surface area contributed by atoms with Gasteiger partial charge >= 0.3 is 0 Å². The smallest absolute Gasteiger partial charge is 0.244 e. The Bertz CT molecular complexity index is 582. The summed E-state index contributed by atoms with van der Waals surface area (Å²) in [6.07, 6.45) is 7.93. The summed E-state index contributed by atoms with van der Waals surface area (Å²) < 4.78 is 28.6. The van der Waals surface area contributed by atoms with Crippen molar-refractivity contribution >= 4 is 10.0 Å². The molecule has 20 heavy (non-hydrogen) atoms. The predicted octanol–water partition coefficient (Wildman–Crippen LogP) is 1.65. The third-order valence-electron chi connectivity index (χ3n) is 3.79. The summed E-state index contributed by atoms with van der Waals surface area (Å²) in [5, 5.41) is 13.2. The summed E-state index contributed by atoms with van der Waals surface area (Å²) in [6, 6.07) is 1.45. The van der Waals surface area contributed by atoms with E-state index in [1.165, 1.54) is 18.8 Å². The van der Waals surface area contributed by atoms with E-state index >= 15 is 0 Å². The molecule has 1 aromatic heterocycles. The van der Waals surface area contributed by atoms with Crippen LogP contribution in [0.5, 0.6) is 0 Å². The van der Waals surface area contributed by atoms with Crippen molar-refractivity contribution in [3.8, 4) is 6.07 Å². The largest absolute Gasteiger partial charge is 0.272 e. The molecule has 1 aliphatic carbocycles. The van der Waals surface area contributed by atoms with E-state index in [0.717, 1.165) is 25.7 Å². The van der Waals surface area contributed by atoms with Gasteiger partial charge < -0.3 is 0 Å². The van der Waals surface area contributed by atoms with Crippen LogP contribution in [0, 0.1) is 17.2 Å². The number of rotatable bonds is 5. The average molecular weight is 296 g/mol. The zero-order valence-corrected chi connectivity index (χ0v) is 12.4. The molecule has 1 atom stereocenters. The van der Waals surface area contributed by atoms with E-state index in [9.17, 15) is 13.7 Å². The number of nitriles is 1. The van der Waals surface area contributed by atoms with Crippen molar-refractivity contribution < 1.29 is 8.42 Å². The zero-order valence-electron chi connectivity index (χ0n) is 11.6. The molecular formula is C13H20N4O2S. The molecule has 0 spiro atoms. The topological polar surface area (TPSA) is 87.8 Å². The van der Waals surface area contributed by atoms with E-state index in [1.54, 1.807) is 4.68 Å². The molecule has 1 N–H and O–H groups in total. The molecule has 0 saturated heterocycles. The number of hydrogen-bond donors (Lipinski definition) is 1. The number of sulfonamides is 1. The third kappa shape index (κ3) is 3.38. The van der Waals surface area contributed by atoms with Gasteiger partial charge in [0.2, 0.25) is 10.0 Å². The maximum Gasteiger partial charge on any atom is 0.244 e. The highest BCUT2D eigenvalue weighted by molar-refractivity contribution is 7.89. The van der Waals surface area contributed by atoms with Gasteiger partial charge in [-0.3, -0.25) is 4.68 Å². The van der Waals surface area contributed by atoms with E-state index in [1.807, 2.05) is 6.92 Å². The predicted molar refractivity (Wildman–Crippen MR) is 74.2 cm³/mol. The van der Waals surface area contributed by atoms with Crippen molar-refractivity contribution in [2.24, 2.45) is 5.92 Å². The Kier molecular flexibility index (Phi) is 4.78. The first kappa shape index (κ1) is 15.0. The summed E-state index contributed by atoms with van der Waals surface area (Å²) >= 11 is 0. The fourth-order valence-electron chi connectivity index (χ4n) is 2.59. The molecule has 0 radical (unpaired) electrons. The normalized spacial score (nSPS) is 18.6. The van der Waals surface area contributed by atoms with Crippen LogP contribution in [-0.4, -0.2) is 24.2 Å². The summed E-state index contributed by atoms with van der Waals surface area (Å²) in [4.78, 5) is 0.121. The van der Waals surface area contributed by atoms with E-state index in [2.05, 4.69) is 15.9 Å². The molecule has 0 aliphatic heterocycles. The zero-order chi connectivity index (χ0) is 14.6. The standard InChI is InChI=1S/C13H20N4O2S/c1-2-17-10-12(9-15-17)20(18,19)16-13(8-14)11-6-4-3-5-7-11/h9-11,13,16H,2-7H2,1H3. The fraction of sp³-hybridized carbons (Fsp3) is 0.692. The van der Waals surface area contributed by atoms with Crippen molar-refractivity contribution in [2.75, 3.05) is 0 Å². The number of hydrogen-bond acceptors (Lipinski definition) is 4. The van der Waals surface area contributed by atoms with Crippen LogP contribution in [0.15, 0.2) is 17.3 Å². The molecule has 110 valence electrons. The van der Waals surface area contributed by atoms with Crippen molar-refractivity contribution in [2.45, 2.75) is 56.5 Å². The second kappa shape index (κ2) is 6.37. The molecule has 0 amide bonds. The summed E-state index contributed by atoms with van der Waals surface area (Å²) in [5.41, 5.74) is 0. The van der Waals surface area contributed by atoms with Crippen LogP contribution in [0.4, 0.5) is 0 Å². The van der Waals surface area contributed by atoms with Gasteiger partial charge in [0.25, 0.3) is 0 Å². The summed E-state index contributed by atoms with van der Waals surface area (Å²) in [7, 11) is -3.67. The van der Waals surface area contributed by atoms with Crippen LogP contribution in [0.25, 0.3) is 0 Å². The van der Waals surface area contributed by atoms with Gasteiger partial charge in [-0.1, -0.05) is 19.3 Å². The molecule has 0 bridgehead atoms.